The highest BCUT2D eigenvalue weighted by Gasteiger charge is 2.44. The third-order valence-electron chi connectivity index (χ3n) is 4.47. The number of benzene rings is 2. The molecule has 2 aliphatic rings. The van der Waals surface area contributed by atoms with Crippen LogP contribution in [0.25, 0.3) is 11.1 Å². The average Bonchev–Trinajstić information content (AvgIpc) is 2.65. The minimum absolute atomic E-state index is 0.0785. The second-order valence-corrected chi connectivity index (χ2v) is 6.24. The second kappa shape index (κ2) is 5.90. The van der Waals surface area contributed by atoms with Crippen LogP contribution in [0, 0.1) is 0 Å². The van der Waals surface area contributed by atoms with Gasteiger partial charge in [-0.3, -0.25) is 0 Å². The Morgan fingerprint density at radius 2 is 0.733 bits per heavy atom. The molecule has 12 heteroatoms. The summed E-state index contributed by atoms with van der Waals surface area (Å²) >= 11 is 0. The van der Waals surface area contributed by atoms with Crippen molar-refractivity contribution in [2.24, 2.45) is 0 Å². The molecule has 0 aliphatic carbocycles. The number of ether oxygens (including phenoxy) is 2. The average molecular weight is 430 g/mol. The van der Waals surface area contributed by atoms with Gasteiger partial charge in [0, 0.05) is 0 Å². The first-order valence-electron chi connectivity index (χ1n) is 7.83. The molecule has 0 unspecified atom stereocenters. The van der Waals surface area contributed by atoms with Crippen LogP contribution in [0.4, 0.5) is 26.3 Å². The van der Waals surface area contributed by atoms with Gasteiger partial charge in [-0.1, -0.05) is 0 Å². The number of carbonyl (C=O) groups is 4. The van der Waals surface area contributed by atoms with Crippen LogP contribution in [0.3, 0.4) is 0 Å². The molecule has 0 radical (unpaired) electrons. The molecule has 0 atom stereocenters. The standard InChI is InChI=1S/C18H4F6O6/c19-17(20,21)11-3-9-7-1-5(11)6-2-8(14(26)29-13(7)25)10(16(28)30-15(9)27)4-12(6)18(22,23)24/h1-4H. The van der Waals surface area contributed by atoms with Crippen molar-refractivity contribution in [2.45, 2.75) is 12.4 Å². The van der Waals surface area contributed by atoms with Gasteiger partial charge in [-0.25, -0.2) is 19.2 Å². The maximum atomic E-state index is 13.6. The van der Waals surface area contributed by atoms with Crippen LogP contribution in [-0.2, 0) is 21.8 Å². The number of rotatable bonds is 0. The van der Waals surface area contributed by atoms with Crippen molar-refractivity contribution in [3.05, 3.63) is 57.6 Å². The molecule has 2 aromatic carbocycles. The zero-order valence-electron chi connectivity index (χ0n) is 14.0. The van der Waals surface area contributed by atoms with E-state index in [-0.39, 0.29) is 12.1 Å². The Labute approximate surface area is 161 Å². The summed E-state index contributed by atoms with van der Waals surface area (Å²) in [5.41, 5.74) is -9.82. The maximum absolute atomic E-state index is 13.6. The van der Waals surface area contributed by atoms with E-state index in [4.69, 9.17) is 0 Å². The van der Waals surface area contributed by atoms with Gasteiger partial charge in [0.1, 0.15) is 0 Å². The zero-order valence-corrected chi connectivity index (χ0v) is 14.0. The molecule has 6 nitrogen and oxygen atoms in total. The Hall–Kier alpha value is -3.70. The summed E-state index contributed by atoms with van der Waals surface area (Å²) in [4.78, 5) is 49.0. The maximum Gasteiger partial charge on any atom is 0.417 e. The molecule has 2 heterocycles. The smallest absolute Gasteiger partial charge is 0.386 e. The van der Waals surface area contributed by atoms with Crippen molar-refractivity contribution in [3.8, 4) is 11.1 Å². The van der Waals surface area contributed by atoms with Gasteiger partial charge in [0.15, 0.2) is 0 Å². The fourth-order valence-electron chi connectivity index (χ4n) is 3.18. The fraction of sp³-hybridized carbons (Fsp3) is 0.111. The van der Waals surface area contributed by atoms with E-state index >= 15 is 0 Å². The molecule has 2 aliphatic heterocycles. The van der Waals surface area contributed by atoms with E-state index in [0.29, 0.717) is 12.1 Å². The van der Waals surface area contributed by atoms with Crippen LogP contribution in [0.5, 0.6) is 0 Å². The quantitative estimate of drug-likeness (QED) is 0.357. The number of carbonyl (C=O) groups excluding carboxylic acids is 4. The van der Waals surface area contributed by atoms with Crippen molar-refractivity contribution in [1.29, 1.82) is 0 Å². The number of halogens is 6. The summed E-state index contributed by atoms with van der Waals surface area (Å²) in [6.45, 7) is 0. The lowest BCUT2D eigenvalue weighted by Crippen LogP contribution is -2.24. The molecular weight excluding hydrogens is 426 g/mol. The van der Waals surface area contributed by atoms with Gasteiger partial charge in [0.25, 0.3) is 0 Å². The van der Waals surface area contributed by atoms with Crippen molar-refractivity contribution < 1.29 is 55.0 Å². The predicted molar refractivity (Wildman–Crippen MR) is 81.4 cm³/mol. The monoisotopic (exact) mass is 430 g/mol. The van der Waals surface area contributed by atoms with Crippen molar-refractivity contribution in [2.75, 3.05) is 0 Å². The second-order valence-electron chi connectivity index (χ2n) is 6.24. The molecule has 2 aromatic rings. The summed E-state index contributed by atoms with van der Waals surface area (Å²) in [5.74, 6) is -6.67. The number of alkyl halides is 6. The van der Waals surface area contributed by atoms with Crippen LogP contribution in [0.15, 0.2) is 24.3 Å². The highest BCUT2D eigenvalue weighted by Crippen LogP contribution is 2.46. The lowest BCUT2D eigenvalue weighted by Gasteiger charge is -2.18. The Bertz CT molecular complexity index is 1100. The molecule has 4 rings (SSSR count). The molecule has 0 amide bonds. The summed E-state index contributed by atoms with van der Waals surface area (Å²) in [6, 6.07) is 0.860. The molecule has 0 aromatic heterocycles. The topological polar surface area (TPSA) is 86.7 Å². The van der Waals surface area contributed by atoms with Crippen LogP contribution >= 0.6 is 0 Å². The molecule has 0 spiro atoms. The fourth-order valence-corrected chi connectivity index (χ4v) is 3.18. The predicted octanol–water partition coefficient (Wildman–Crippen LogP) is 4.01. The Balaban J connectivity index is 2.30. The van der Waals surface area contributed by atoms with Gasteiger partial charge in [0.05, 0.1) is 33.4 Å². The molecule has 0 saturated carbocycles. The first-order valence-corrected chi connectivity index (χ1v) is 7.83. The molecule has 0 fully saturated rings. The van der Waals surface area contributed by atoms with Crippen molar-refractivity contribution in [3.63, 3.8) is 0 Å². The van der Waals surface area contributed by atoms with E-state index in [2.05, 4.69) is 9.47 Å². The summed E-state index contributed by atoms with van der Waals surface area (Å²) < 4.78 is 90.7. The summed E-state index contributed by atoms with van der Waals surface area (Å²) in [5, 5.41) is 0. The van der Waals surface area contributed by atoms with E-state index in [9.17, 15) is 45.5 Å². The van der Waals surface area contributed by atoms with E-state index in [0.717, 1.165) is 0 Å². The Morgan fingerprint density at radius 1 is 0.467 bits per heavy atom. The largest absolute Gasteiger partial charge is 0.417 e. The minimum atomic E-state index is -5.27. The Morgan fingerprint density at radius 3 is 1.00 bits per heavy atom. The number of cyclic esters (lactones) is 2. The third-order valence-corrected chi connectivity index (χ3v) is 4.47. The first-order chi connectivity index (χ1) is 13.8. The van der Waals surface area contributed by atoms with Crippen molar-refractivity contribution >= 4 is 23.9 Å². The molecule has 154 valence electrons. The van der Waals surface area contributed by atoms with Gasteiger partial charge in [-0.15, -0.1) is 0 Å². The van der Waals surface area contributed by atoms with Crippen LogP contribution in [0.2, 0.25) is 0 Å². The van der Waals surface area contributed by atoms with Crippen LogP contribution < -0.4 is 0 Å². The van der Waals surface area contributed by atoms with Gasteiger partial charge in [-0.2, -0.15) is 26.3 Å². The number of fused-ring (bicyclic) bond motifs is 5. The zero-order chi connectivity index (χ0) is 22.2. The highest BCUT2D eigenvalue weighted by atomic mass is 19.4. The lowest BCUT2D eigenvalue weighted by molar-refractivity contribution is -0.139. The molecule has 0 N–H and O–H groups in total. The highest BCUT2D eigenvalue weighted by molar-refractivity contribution is 6.17. The van der Waals surface area contributed by atoms with Gasteiger partial charge < -0.3 is 9.47 Å². The van der Waals surface area contributed by atoms with Crippen LogP contribution in [0.1, 0.15) is 52.6 Å². The van der Waals surface area contributed by atoms with E-state index in [1.54, 1.807) is 0 Å². The number of esters is 4. The molecule has 4 bridgehead atoms. The number of hydrogen-bond acceptors (Lipinski definition) is 6. The first kappa shape index (κ1) is 19.6. The summed E-state index contributed by atoms with van der Waals surface area (Å²) in [7, 11) is 0. The third kappa shape index (κ3) is 2.83. The molecular formula is C18H4F6O6. The normalized spacial score (nSPS) is 15.8. The minimum Gasteiger partial charge on any atom is -0.386 e. The lowest BCUT2D eigenvalue weighted by atomic mass is 9.88. The summed E-state index contributed by atoms with van der Waals surface area (Å²) in [6.07, 6.45) is -10.5. The van der Waals surface area contributed by atoms with Crippen LogP contribution in [-0.4, -0.2) is 23.9 Å². The number of hydrogen-bond donors (Lipinski definition) is 0. The SMILES string of the molecule is O=C1OC(=O)c2cc3c(C(F)(F)F)cc2C(=O)OC(=O)c2cc(C(F)(F)F)c-3cc21. The Kier molecular flexibility index (Phi) is 3.86. The van der Waals surface area contributed by atoms with E-state index < -0.39 is 80.7 Å². The van der Waals surface area contributed by atoms with Crippen molar-refractivity contribution in [1.82, 2.24) is 0 Å². The molecule has 30 heavy (non-hydrogen) atoms. The van der Waals surface area contributed by atoms with E-state index in [1.807, 2.05) is 0 Å². The van der Waals surface area contributed by atoms with Gasteiger partial charge >= 0.3 is 36.2 Å². The van der Waals surface area contributed by atoms with Gasteiger partial charge in [-0.05, 0) is 35.4 Å². The molecule has 0 saturated heterocycles. The van der Waals surface area contributed by atoms with Gasteiger partial charge in [0.2, 0.25) is 0 Å². The van der Waals surface area contributed by atoms with E-state index in [1.165, 1.54) is 0 Å².